The Balaban J connectivity index is 2.49. The van der Waals surface area contributed by atoms with Gasteiger partial charge in [0, 0.05) is 29.9 Å². The minimum Gasteiger partial charge on any atom is -0.443 e. The van der Waals surface area contributed by atoms with Gasteiger partial charge < -0.3 is 14.5 Å². The Morgan fingerprint density at radius 3 is 2.75 bits per heavy atom. The van der Waals surface area contributed by atoms with E-state index in [2.05, 4.69) is 28.2 Å². The summed E-state index contributed by atoms with van der Waals surface area (Å²) in [5, 5.41) is 2.55. The van der Waals surface area contributed by atoms with Gasteiger partial charge in [-0.3, -0.25) is 4.79 Å². The monoisotopic (exact) mass is 387 g/mol. The molecule has 0 bridgehead atoms. The van der Waals surface area contributed by atoms with Gasteiger partial charge >= 0.3 is 0 Å². The highest BCUT2D eigenvalue weighted by molar-refractivity contribution is 9.10. The van der Waals surface area contributed by atoms with Gasteiger partial charge in [-0.05, 0) is 22.4 Å². The highest BCUT2D eigenvalue weighted by Crippen LogP contribution is 2.28. The van der Waals surface area contributed by atoms with Crippen molar-refractivity contribution >= 4 is 41.6 Å². The SMILES string of the molecule is CCCCOCCNC(=O)c1cc(S(=O)(=O)Cl)c(Br)o1. The van der Waals surface area contributed by atoms with E-state index < -0.39 is 15.0 Å². The fourth-order valence-electron chi connectivity index (χ4n) is 1.30. The zero-order chi connectivity index (χ0) is 15.2. The van der Waals surface area contributed by atoms with Crippen LogP contribution >= 0.6 is 26.6 Å². The molecule has 1 aromatic heterocycles. The maximum absolute atomic E-state index is 11.7. The Hall–Kier alpha value is -0.570. The first kappa shape index (κ1) is 17.5. The second-order valence-electron chi connectivity index (χ2n) is 3.91. The molecule has 0 aliphatic carbocycles. The lowest BCUT2D eigenvalue weighted by molar-refractivity contribution is 0.0885. The van der Waals surface area contributed by atoms with Gasteiger partial charge in [0.05, 0.1) is 6.61 Å². The fraction of sp³-hybridized carbons (Fsp3) is 0.545. The number of unbranched alkanes of at least 4 members (excludes halogenated alkanes) is 1. The number of carbonyl (C=O) groups is 1. The zero-order valence-corrected chi connectivity index (χ0v) is 14.0. The number of ether oxygens (including phenoxy) is 1. The summed E-state index contributed by atoms with van der Waals surface area (Å²) in [5.74, 6) is -0.666. The molecule has 0 unspecified atom stereocenters. The standard InChI is InChI=1S/C11H15BrClNO5S/c1-2-3-5-18-6-4-14-11(15)8-7-9(10(12)19-8)20(13,16)17/h7H,2-6H2,1H3,(H,14,15). The molecule has 6 nitrogen and oxygen atoms in total. The van der Waals surface area contributed by atoms with Gasteiger partial charge in [-0.15, -0.1) is 0 Å². The Morgan fingerprint density at radius 1 is 1.50 bits per heavy atom. The molecule has 9 heteroatoms. The second-order valence-corrected chi connectivity index (χ2v) is 7.16. The zero-order valence-electron chi connectivity index (χ0n) is 10.8. The first-order chi connectivity index (χ1) is 9.36. The van der Waals surface area contributed by atoms with Crippen LogP contribution in [0.15, 0.2) is 20.0 Å². The number of carbonyl (C=O) groups excluding carboxylic acids is 1. The third kappa shape index (κ3) is 5.43. The third-order valence-electron chi connectivity index (χ3n) is 2.32. The van der Waals surface area contributed by atoms with Crippen LogP contribution in [0, 0.1) is 0 Å². The summed E-state index contributed by atoms with van der Waals surface area (Å²) in [6, 6.07) is 1.07. The first-order valence-electron chi connectivity index (χ1n) is 5.96. The van der Waals surface area contributed by atoms with Crippen molar-refractivity contribution in [1.29, 1.82) is 0 Å². The van der Waals surface area contributed by atoms with Crippen LogP contribution in [0.5, 0.6) is 0 Å². The Morgan fingerprint density at radius 2 is 2.20 bits per heavy atom. The molecule has 0 aliphatic rings. The van der Waals surface area contributed by atoms with Gasteiger partial charge in [0.25, 0.3) is 15.0 Å². The molecule has 0 aromatic carbocycles. The maximum atomic E-state index is 11.7. The van der Waals surface area contributed by atoms with Gasteiger partial charge in [-0.1, -0.05) is 13.3 Å². The van der Waals surface area contributed by atoms with Gasteiger partial charge in [0.15, 0.2) is 10.4 Å². The third-order valence-corrected chi connectivity index (χ3v) is 4.49. The van der Waals surface area contributed by atoms with Crippen LogP contribution in [0.4, 0.5) is 0 Å². The number of nitrogens with one attached hydrogen (secondary N) is 1. The summed E-state index contributed by atoms with van der Waals surface area (Å²) in [4.78, 5) is 11.4. The number of furan rings is 1. The summed E-state index contributed by atoms with van der Waals surface area (Å²) in [6.45, 7) is 3.40. The van der Waals surface area contributed by atoms with E-state index in [1.807, 2.05) is 0 Å². The minimum absolute atomic E-state index is 0.100. The van der Waals surface area contributed by atoms with E-state index in [0.29, 0.717) is 19.8 Å². The predicted molar refractivity (Wildman–Crippen MR) is 77.5 cm³/mol. The van der Waals surface area contributed by atoms with Crippen LogP contribution in [0.3, 0.4) is 0 Å². The van der Waals surface area contributed by atoms with Crippen LogP contribution in [-0.2, 0) is 13.8 Å². The number of amides is 1. The molecule has 0 radical (unpaired) electrons. The predicted octanol–water partition coefficient (Wildman–Crippen LogP) is 2.52. The van der Waals surface area contributed by atoms with Crippen molar-refractivity contribution in [3.63, 3.8) is 0 Å². The van der Waals surface area contributed by atoms with Crippen molar-refractivity contribution in [3.05, 3.63) is 16.5 Å². The van der Waals surface area contributed by atoms with Crippen molar-refractivity contribution in [3.8, 4) is 0 Å². The van der Waals surface area contributed by atoms with E-state index in [4.69, 9.17) is 19.8 Å². The van der Waals surface area contributed by atoms with Crippen LogP contribution in [0.1, 0.15) is 30.3 Å². The molecular formula is C11H15BrClNO5S. The van der Waals surface area contributed by atoms with Crippen LogP contribution in [0.25, 0.3) is 0 Å². The van der Waals surface area contributed by atoms with Gasteiger partial charge in [-0.2, -0.15) is 0 Å². The molecule has 0 spiro atoms. The lowest BCUT2D eigenvalue weighted by Crippen LogP contribution is -2.27. The van der Waals surface area contributed by atoms with E-state index >= 15 is 0 Å². The van der Waals surface area contributed by atoms with Gasteiger partial charge in [-0.25, -0.2) is 8.42 Å². The minimum atomic E-state index is -3.95. The van der Waals surface area contributed by atoms with Crippen LogP contribution in [0.2, 0.25) is 0 Å². The maximum Gasteiger partial charge on any atom is 0.287 e. The average molecular weight is 389 g/mol. The number of halogens is 2. The first-order valence-corrected chi connectivity index (χ1v) is 9.06. The van der Waals surface area contributed by atoms with Crippen LogP contribution in [-0.4, -0.2) is 34.1 Å². The van der Waals surface area contributed by atoms with Crippen molar-refractivity contribution < 1.29 is 22.4 Å². The molecule has 0 fully saturated rings. The van der Waals surface area contributed by atoms with E-state index in [0.717, 1.165) is 18.9 Å². The molecule has 1 amide bonds. The average Bonchev–Trinajstić information content (AvgIpc) is 2.75. The summed E-state index contributed by atoms with van der Waals surface area (Å²) in [5.41, 5.74) is 0. The summed E-state index contributed by atoms with van der Waals surface area (Å²) >= 11 is 2.90. The second kappa shape index (κ2) is 8.02. The molecule has 0 atom stereocenters. The van der Waals surface area contributed by atoms with E-state index in [-0.39, 0.29) is 15.3 Å². The molecule has 1 aromatic rings. The Labute approximate surface area is 130 Å². The van der Waals surface area contributed by atoms with Crippen molar-refractivity contribution in [2.75, 3.05) is 19.8 Å². The molecule has 1 heterocycles. The Bertz CT molecular complexity index is 557. The molecule has 20 heavy (non-hydrogen) atoms. The molecule has 0 aliphatic heterocycles. The topological polar surface area (TPSA) is 85.6 Å². The summed E-state index contributed by atoms with van der Waals surface area (Å²) in [6.07, 6.45) is 2.01. The van der Waals surface area contributed by atoms with E-state index in [1.165, 1.54) is 0 Å². The molecule has 0 saturated carbocycles. The number of hydrogen-bond acceptors (Lipinski definition) is 5. The van der Waals surface area contributed by atoms with E-state index in [9.17, 15) is 13.2 Å². The van der Waals surface area contributed by atoms with Crippen molar-refractivity contribution in [2.24, 2.45) is 0 Å². The number of rotatable bonds is 8. The fourth-order valence-corrected chi connectivity index (χ4v) is 3.34. The normalized spacial score (nSPS) is 11.6. The summed E-state index contributed by atoms with van der Waals surface area (Å²) in [7, 11) is 1.23. The molecule has 1 rings (SSSR count). The smallest absolute Gasteiger partial charge is 0.287 e. The molecule has 114 valence electrons. The lowest BCUT2D eigenvalue weighted by atomic mass is 10.4. The largest absolute Gasteiger partial charge is 0.443 e. The molecule has 1 N–H and O–H groups in total. The molecule has 0 saturated heterocycles. The summed E-state index contributed by atoms with van der Waals surface area (Å²) < 4.78 is 32.5. The van der Waals surface area contributed by atoms with Gasteiger partial charge in [0.1, 0.15) is 4.90 Å². The molecular weight excluding hydrogens is 374 g/mol. The Kier molecular flexibility index (Phi) is 7.01. The van der Waals surface area contributed by atoms with Crippen molar-refractivity contribution in [1.82, 2.24) is 5.32 Å². The highest BCUT2D eigenvalue weighted by Gasteiger charge is 2.22. The quantitative estimate of drug-likeness (QED) is 0.546. The highest BCUT2D eigenvalue weighted by atomic mass is 79.9. The van der Waals surface area contributed by atoms with E-state index in [1.54, 1.807) is 0 Å². The van der Waals surface area contributed by atoms with Crippen LogP contribution < -0.4 is 5.32 Å². The lowest BCUT2D eigenvalue weighted by Gasteiger charge is -2.04. The number of hydrogen-bond donors (Lipinski definition) is 1. The van der Waals surface area contributed by atoms with Crippen molar-refractivity contribution in [2.45, 2.75) is 24.7 Å². The van der Waals surface area contributed by atoms with Gasteiger partial charge in [0.2, 0.25) is 0 Å².